The fourth-order valence-corrected chi connectivity index (χ4v) is 6.68. The molecular weight excluding hydrogens is 524 g/mol. The van der Waals surface area contributed by atoms with Crippen LogP contribution >= 0.6 is 11.8 Å². The summed E-state index contributed by atoms with van der Waals surface area (Å²) >= 11 is 1.56. The van der Waals surface area contributed by atoms with Crippen LogP contribution in [0, 0.1) is 13.8 Å². The van der Waals surface area contributed by atoms with E-state index >= 15 is 0 Å². The number of hydrogen-bond donors (Lipinski definition) is 0. The molecule has 0 radical (unpaired) electrons. The van der Waals surface area contributed by atoms with Gasteiger partial charge in [0.25, 0.3) is 0 Å². The molecule has 0 saturated carbocycles. The second-order valence-electron chi connectivity index (χ2n) is 11.4. The summed E-state index contributed by atoms with van der Waals surface area (Å²) in [5.74, 6) is 1.44. The summed E-state index contributed by atoms with van der Waals surface area (Å²) in [5, 5.41) is 5.01. The topological polar surface area (TPSA) is 76.9 Å². The summed E-state index contributed by atoms with van der Waals surface area (Å²) in [6, 6.07) is 14.2. The molecule has 3 aromatic rings. The molecule has 212 valence electrons. The molecule has 2 aliphatic rings. The maximum atomic E-state index is 13.9. The van der Waals surface area contributed by atoms with E-state index in [0.717, 1.165) is 39.4 Å². The molecular formula is C31H38N4O4S. The molecule has 40 heavy (non-hydrogen) atoms. The highest BCUT2D eigenvalue weighted by molar-refractivity contribution is 8.00. The number of thioether (sulfide) groups is 1. The Kier molecular flexibility index (Phi) is 7.97. The molecule has 0 spiro atoms. The first kappa shape index (κ1) is 28.2. The van der Waals surface area contributed by atoms with E-state index < -0.39 is 0 Å². The van der Waals surface area contributed by atoms with Gasteiger partial charge in [-0.25, -0.2) is 4.68 Å². The molecule has 1 saturated heterocycles. The van der Waals surface area contributed by atoms with Crippen LogP contribution in [-0.4, -0.2) is 72.2 Å². The number of methoxy groups -OCH3 is 1. The molecule has 3 heterocycles. The van der Waals surface area contributed by atoms with Gasteiger partial charge in [0.2, 0.25) is 11.8 Å². The van der Waals surface area contributed by atoms with E-state index in [1.807, 2.05) is 28.9 Å². The average molecular weight is 563 g/mol. The third-order valence-electron chi connectivity index (χ3n) is 7.46. The first-order valence-corrected chi connectivity index (χ1v) is 14.8. The fourth-order valence-electron chi connectivity index (χ4n) is 5.46. The van der Waals surface area contributed by atoms with Crippen molar-refractivity contribution in [3.8, 4) is 11.4 Å². The number of benzene rings is 2. The number of hydrogen-bond acceptors (Lipinski definition) is 6. The zero-order valence-electron chi connectivity index (χ0n) is 24.2. The molecule has 0 N–H and O–H groups in total. The maximum Gasteiger partial charge on any atom is 0.242 e. The van der Waals surface area contributed by atoms with Crippen molar-refractivity contribution in [1.29, 1.82) is 0 Å². The number of rotatable bonds is 5. The second-order valence-corrected chi connectivity index (χ2v) is 12.5. The van der Waals surface area contributed by atoms with Crippen molar-refractivity contribution >= 4 is 29.4 Å². The minimum atomic E-state index is -0.331. The van der Waals surface area contributed by atoms with Crippen molar-refractivity contribution in [1.82, 2.24) is 14.7 Å². The van der Waals surface area contributed by atoms with E-state index in [1.54, 1.807) is 28.7 Å². The third kappa shape index (κ3) is 5.37. The van der Waals surface area contributed by atoms with Gasteiger partial charge in [-0.2, -0.15) is 5.10 Å². The standard InChI is InChI=1S/C31H38N4O4S/c1-20-11-12-23(21(2)17-20)35-30-27(29(32-35)31(3,4)5)28(22-9-7-8-10-24(22)38-6)40-19-26(37)34(30)18-25(36)33-13-15-39-16-14-33/h7-12,17,28H,13-16,18-19H2,1-6H3/t28-/m0/s1. The van der Waals surface area contributed by atoms with Gasteiger partial charge in [-0.05, 0) is 31.5 Å². The zero-order valence-corrected chi connectivity index (χ0v) is 25.0. The van der Waals surface area contributed by atoms with Crippen LogP contribution < -0.4 is 9.64 Å². The van der Waals surface area contributed by atoms with Crippen LogP contribution in [0.4, 0.5) is 5.82 Å². The second kappa shape index (κ2) is 11.3. The average Bonchev–Trinajstić information content (AvgIpc) is 3.26. The van der Waals surface area contributed by atoms with Gasteiger partial charge in [0, 0.05) is 29.6 Å². The van der Waals surface area contributed by atoms with Gasteiger partial charge >= 0.3 is 0 Å². The van der Waals surface area contributed by atoms with Crippen LogP contribution in [0.3, 0.4) is 0 Å². The number of fused-ring (bicyclic) bond motifs is 1. The van der Waals surface area contributed by atoms with Crippen molar-refractivity contribution in [2.45, 2.75) is 45.3 Å². The number of carbonyl (C=O) groups is 2. The summed E-state index contributed by atoms with van der Waals surface area (Å²) in [7, 11) is 1.67. The smallest absolute Gasteiger partial charge is 0.242 e. The van der Waals surface area contributed by atoms with E-state index in [2.05, 4.69) is 52.8 Å². The van der Waals surface area contributed by atoms with Gasteiger partial charge in [0.05, 0.1) is 42.7 Å². The van der Waals surface area contributed by atoms with Crippen LogP contribution in [-0.2, 0) is 19.7 Å². The largest absolute Gasteiger partial charge is 0.496 e. The van der Waals surface area contributed by atoms with Crippen LogP contribution in [0.15, 0.2) is 42.5 Å². The minimum absolute atomic E-state index is 0.0504. The number of para-hydroxylation sites is 1. The Hall–Kier alpha value is -3.30. The Morgan fingerprint density at radius 1 is 1.12 bits per heavy atom. The molecule has 8 nitrogen and oxygen atoms in total. The summed E-state index contributed by atoms with van der Waals surface area (Å²) in [6.07, 6.45) is 0. The first-order chi connectivity index (χ1) is 19.1. The lowest BCUT2D eigenvalue weighted by Gasteiger charge is -2.30. The van der Waals surface area contributed by atoms with Crippen LogP contribution in [0.25, 0.3) is 5.69 Å². The fraction of sp³-hybridized carbons (Fsp3) is 0.452. The molecule has 2 aromatic carbocycles. The number of anilines is 1. The van der Waals surface area contributed by atoms with Crippen molar-refractivity contribution in [3.05, 3.63) is 70.4 Å². The van der Waals surface area contributed by atoms with Crippen LogP contribution in [0.2, 0.25) is 0 Å². The summed E-state index contributed by atoms with van der Waals surface area (Å²) in [5.41, 5.74) is 5.57. The number of aryl methyl sites for hydroxylation is 2. The number of carbonyl (C=O) groups excluding carboxylic acids is 2. The SMILES string of the molecule is COc1ccccc1[C@@H]1SCC(=O)N(CC(=O)N2CCOCC2)c2c1c(C(C)(C)C)nn2-c1ccc(C)cc1C. The Morgan fingerprint density at radius 3 is 2.52 bits per heavy atom. The Bertz CT molecular complexity index is 1420. The van der Waals surface area contributed by atoms with E-state index in [4.69, 9.17) is 14.6 Å². The van der Waals surface area contributed by atoms with Gasteiger partial charge < -0.3 is 14.4 Å². The van der Waals surface area contributed by atoms with E-state index in [-0.39, 0.29) is 34.8 Å². The van der Waals surface area contributed by atoms with E-state index in [1.165, 1.54) is 0 Å². The highest BCUT2D eigenvalue weighted by Gasteiger charge is 2.41. The van der Waals surface area contributed by atoms with Gasteiger partial charge in [0.15, 0.2) is 0 Å². The molecule has 1 atom stereocenters. The summed E-state index contributed by atoms with van der Waals surface area (Å²) in [6.45, 7) is 12.5. The van der Waals surface area contributed by atoms with Crippen molar-refractivity contribution in [3.63, 3.8) is 0 Å². The molecule has 0 aliphatic carbocycles. The van der Waals surface area contributed by atoms with Crippen LogP contribution in [0.5, 0.6) is 5.75 Å². The van der Waals surface area contributed by atoms with Gasteiger partial charge in [0.1, 0.15) is 18.1 Å². The van der Waals surface area contributed by atoms with Gasteiger partial charge in [-0.1, -0.05) is 56.7 Å². The lowest BCUT2D eigenvalue weighted by atomic mass is 9.87. The first-order valence-electron chi connectivity index (χ1n) is 13.7. The number of ether oxygens (including phenoxy) is 2. The van der Waals surface area contributed by atoms with Crippen LogP contribution in [0.1, 0.15) is 54.0 Å². The Morgan fingerprint density at radius 2 is 1.85 bits per heavy atom. The Labute approximate surface area is 240 Å². The highest BCUT2D eigenvalue weighted by Crippen LogP contribution is 2.50. The molecule has 5 rings (SSSR count). The molecule has 0 bridgehead atoms. The molecule has 2 aliphatic heterocycles. The van der Waals surface area contributed by atoms with Crippen molar-refractivity contribution in [2.24, 2.45) is 0 Å². The zero-order chi connectivity index (χ0) is 28.6. The number of amides is 2. The van der Waals surface area contributed by atoms with Crippen molar-refractivity contribution < 1.29 is 19.1 Å². The van der Waals surface area contributed by atoms with Gasteiger partial charge in [-0.3, -0.25) is 14.5 Å². The summed E-state index contributed by atoms with van der Waals surface area (Å²) in [4.78, 5) is 31.0. The molecule has 1 fully saturated rings. The molecule has 9 heteroatoms. The molecule has 0 unspecified atom stereocenters. The number of aromatic nitrogens is 2. The lowest BCUT2D eigenvalue weighted by Crippen LogP contribution is -2.48. The molecule has 1 aromatic heterocycles. The minimum Gasteiger partial charge on any atom is -0.496 e. The lowest BCUT2D eigenvalue weighted by molar-refractivity contribution is -0.134. The number of morpholine rings is 1. The summed E-state index contributed by atoms with van der Waals surface area (Å²) < 4.78 is 13.1. The monoisotopic (exact) mass is 562 g/mol. The van der Waals surface area contributed by atoms with Crippen molar-refractivity contribution in [2.75, 3.05) is 50.6 Å². The Balaban J connectivity index is 1.77. The maximum absolute atomic E-state index is 13.9. The quantitative estimate of drug-likeness (QED) is 0.444. The van der Waals surface area contributed by atoms with Gasteiger partial charge in [-0.15, -0.1) is 11.8 Å². The third-order valence-corrected chi connectivity index (χ3v) is 8.70. The highest BCUT2D eigenvalue weighted by atomic mass is 32.2. The van der Waals surface area contributed by atoms with E-state index in [9.17, 15) is 9.59 Å². The predicted molar refractivity (Wildman–Crippen MR) is 159 cm³/mol. The normalized spacial score (nSPS) is 17.9. The predicted octanol–water partition coefficient (Wildman–Crippen LogP) is 4.82. The van der Waals surface area contributed by atoms with E-state index in [0.29, 0.717) is 32.1 Å². The molecule has 2 amide bonds. The number of nitrogens with zero attached hydrogens (tertiary/aromatic N) is 4.